The zero-order chi connectivity index (χ0) is 49.4. The van der Waals surface area contributed by atoms with Crippen LogP contribution in [0.15, 0.2) is 120 Å². The number of aromatic nitrogens is 1. The summed E-state index contributed by atoms with van der Waals surface area (Å²) in [6.07, 6.45) is 7.41. The summed E-state index contributed by atoms with van der Waals surface area (Å²) < 4.78 is 45.9. The number of hydrogen-bond donors (Lipinski definition) is 1. The molecular weight excluding hydrogens is 919 g/mol. The zero-order valence-corrected chi connectivity index (χ0v) is 40.1. The van der Waals surface area contributed by atoms with Gasteiger partial charge in [0.2, 0.25) is 18.7 Å². The molecular formula is C53H57N3O13S. The van der Waals surface area contributed by atoms with Crippen LogP contribution in [0.5, 0.6) is 34.5 Å². The number of para-hydroxylation sites is 1. The number of benzene rings is 4. The first-order chi connectivity index (χ1) is 33.9. The van der Waals surface area contributed by atoms with Gasteiger partial charge in [0.25, 0.3) is 0 Å². The Kier molecular flexibility index (Phi) is 18.0. The third kappa shape index (κ3) is 14.6. The van der Waals surface area contributed by atoms with Crippen LogP contribution in [0.3, 0.4) is 0 Å². The maximum atomic E-state index is 13.1. The van der Waals surface area contributed by atoms with Crippen LogP contribution in [0.25, 0.3) is 10.2 Å². The average Bonchev–Trinajstić information content (AvgIpc) is 3.81. The standard InChI is InChI=1S/C53H57N3O13S/c1-34(2)49(58)66-32-64-41-17-21-43(22-18-41)68-51(60)38-13-9-36(10-14-38)29-62-45-25-26-47(40(27-45)28-54-56(31-57)53-55-46-7-5-6-8-48(46)70-53)63-30-37-11-15-39(16-12-37)52(61)69-44-23-19-42(20-24-44)65-33-67-50(59)35(3)4/h5-8,17-28,36-39,57H,1,3,9-16,29-33H2,2,4H3/b54-28+. The minimum atomic E-state index is -0.544. The van der Waals surface area contributed by atoms with E-state index in [1.165, 1.54) is 16.3 Å². The highest BCUT2D eigenvalue weighted by molar-refractivity contribution is 7.22. The fourth-order valence-electron chi connectivity index (χ4n) is 7.80. The van der Waals surface area contributed by atoms with Crippen molar-refractivity contribution in [3.8, 4) is 34.5 Å². The molecule has 0 radical (unpaired) electrons. The van der Waals surface area contributed by atoms with Gasteiger partial charge in [0.05, 0.1) is 41.5 Å². The summed E-state index contributed by atoms with van der Waals surface area (Å²) in [6, 6.07) is 26.4. The van der Waals surface area contributed by atoms with Crippen LogP contribution in [-0.4, -0.2) is 73.7 Å². The van der Waals surface area contributed by atoms with E-state index >= 15 is 0 Å². The number of ether oxygens (including phenoxy) is 8. The summed E-state index contributed by atoms with van der Waals surface area (Å²) in [7, 11) is 0. The largest absolute Gasteiger partial charge is 0.493 e. The Hall–Kier alpha value is -7.24. The van der Waals surface area contributed by atoms with Crippen molar-refractivity contribution in [2.24, 2.45) is 28.8 Å². The number of rotatable bonds is 22. The van der Waals surface area contributed by atoms with Gasteiger partial charge in [0.1, 0.15) is 41.2 Å². The molecule has 0 unspecified atom stereocenters. The highest BCUT2D eigenvalue weighted by Crippen LogP contribution is 2.35. The number of aliphatic hydroxyl groups excluding tert-OH is 1. The summed E-state index contributed by atoms with van der Waals surface area (Å²) >= 11 is 1.42. The van der Waals surface area contributed by atoms with E-state index in [4.69, 9.17) is 37.9 Å². The molecule has 2 saturated carbocycles. The molecule has 368 valence electrons. The first-order valence-corrected chi connectivity index (χ1v) is 23.9. The molecule has 0 atom stereocenters. The van der Waals surface area contributed by atoms with E-state index in [9.17, 15) is 24.3 Å². The van der Waals surface area contributed by atoms with Gasteiger partial charge >= 0.3 is 23.9 Å². The first-order valence-electron chi connectivity index (χ1n) is 23.1. The van der Waals surface area contributed by atoms with Crippen LogP contribution in [0.1, 0.15) is 70.8 Å². The van der Waals surface area contributed by atoms with Gasteiger partial charge in [0.15, 0.2) is 0 Å². The number of fused-ring (bicyclic) bond motifs is 1. The van der Waals surface area contributed by atoms with Gasteiger partial charge in [-0.25, -0.2) is 19.6 Å². The molecule has 1 N–H and O–H groups in total. The number of hydrazone groups is 1. The summed E-state index contributed by atoms with van der Waals surface area (Å²) in [6.45, 7) is 10.1. The lowest BCUT2D eigenvalue weighted by Gasteiger charge is -2.28. The molecule has 0 bridgehead atoms. The molecule has 2 aliphatic rings. The van der Waals surface area contributed by atoms with Gasteiger partial charge in [-0.15, -0.1) is 0 Å². The molecule has 5 aromatic rings. The second-order valence-corrected chi connectivity index (χ2v) is 18.2. The molecule has 0 amide bonds. The number of nitrogens with zero attached hydrogens (tertiary/aromatic N) is 3. The average molecular weight is 976 g/mol. The highest BCUT2D eigenvalue weighted by atomic mass is 32.1. The number of aliphatic hydroxyl groups is 1. The number of thiazole rings is 1. The van der Waals surface area contributed by atoms with Crippen LogP contribution in [-0.2, 0) is 28.7 Å². The quantitative estimate of drug-likeness (QED) is 0.0172. The van der Waals surface area contributed by atoms with E-state index in [0.29, 0.717) is 84.1 Å². The van der Waals surface area contributed by atoms with Crippen molar-refractivity contribution in [2.75, 3.05) is 38.5 Å². The Balaban J connectivity index is 0.902. The fraction of sp³-hybridized carbons (Fsp3) is 0.358. The molecule has 2 aliphatic carbocycles. The van der Waals surface area contributed by atoms with Gasteiger partial charge < -0.3 is 43.0 Å². The maximum absolute atomic E-state index is 13.1. The monoisotopic (exact) mass is 975 g/mol. The Morgan fingerprint density at radius 2 is 1.14 bits per heavy atom. The van der Waals surface area contributed by atoms with E-state index < -0.39 is 18.7 Å². The topological polar surface area (TPSA) is 191 Å². The molecule has 70 heavy (non-hydrogen) atoms. The number of esters is 4. The van der Waals surface area contributed by atoms with Gasteiger partial charge in [-0.1, -0.05) is 36.6 Å². The van der Waals surface area contributed by atoms with Crippen LogP contribution in [0.2, 0.25) is 0 Å². The van der Waals surface area contributed by atoms with Crippen molar-refractivity contribution in [2.45, 2.75) is 65.2 Å². The molecule has 4 aromatic carbocycles. The molecule has 16 nitrogen and oxygen atoms in total. The second-order valence-electron chi connectivity index (χ2n) is 17.2. The Morgan fingerprint density at radius 3 is 1.64 bits per heavy atom. The molecule has 17 heteroatoms. The Labute approximate surface area is 410 Å². The fourth-order valence-corrected chi connectivity index (χ4v) is 8.72. The van der Waals surface area contributed by atoms with Crippen molar-refractivity contribution in [3.63, 3.8) is 0 Å². The van der Waals surface area contributed by atoms with Gasteiger partial charge in [0, 0.05) is 16.7 Å². The summed E-state index contributed by atoms with van der Waals surface area (Å²) in [5.74, 6) is 1.22. The molecule has 0 saturated heterocycles. The highest BCUT2D eigenvalue weighted by Gasteiger charge is 2.30. The van der Waals surface area contributed by atoms with E-state index in [1.54, 1.807) is 68.6 Å². The molecule has 0 aliphatic heterocycles. The van der Waals surface area contributed by atoms with Gasteiger partial charge in [-0.3, -0.25) is 9.59 Å². The molecule has 1 aromatic heterocycles. The predicted octanol–water partition coefficient (Wildman–Crippen LogP) is 9.58. The summed E-state index contributed by atoms with van der Waals surface area (Å²) in [4.78, 5) is 54.0. The zero-order valence-electron chi connectivity index (χ0n) is 39.2. The van der Waals surface area contributed by atoms with E-state index in [2.05, 4.69) is 23.2 Å². The lowest BCUT2D eigenvalue weighted by molar-refractivity contribution is -0.146. The van der Waals surface area contributed by atoms with E-state index in [0.717, 1.165) is 35.9 Å². The van der Waals surface area contributed by atoms with Crippen molar-refractivity contribution in [1.82, 2.24) is 4.98 Å². The van der Waals surface area contributed by atoms with Crippen molar-refractivity contribution in [3.05, 3.63) is 121 Å². The Morgan fingerprint density at radius 1 is 0.657 bits per heavy atom. The number of anilines is 1. The number of carbonyl (C=O) groups excluding carboxylic acids is 4. The van der Waals surface area contributed by atoms with Crippen molar-refractivity contribution >= 4 is 56.8 Å². The van der Waals surface area contributed by atoms with Crippen molar-refractivity contribution in [1.29, 1.82) is 0 Å². The van der Waals surface area contributed by atoms with Gasteiger partial charge in [-0.2, -0.15) is 5.10 Å². The number of carbonyl (C=O) groups is 4. The molecule has 1 heterocycles. The lowest BCUT2D eigenvalue weighted by Crippen LogP contribution is -2.28. The third-order valence-corrected chi connectivity index (χ3v) is 12.9. The first kappa shape index (κ1) is 50.6. The summed E-state index contributed by atoms with van der Waals surface area (Å²) in [5.41, 5.74) is 2.01. The third-order valence-electron chi connectivity index (χ3n) is 11.9. The summed E-state index contributed by atoms with van der Waals surface area (Å²) in [5, 5.41) is 16.9. The van der Waals surface area contributed by atoms with Crippen LogP contribution in [0.4, 0.5) is 5.13 Å². The predicted molar refractivity (Wildman–Crippen MR) is 262 cm³/mol. The van der Waals surface area contributed by atoms with Crippen LogP contribution in [0, 0.1) is 23.7 Å². The number of hydrogen-bond acceptors (Lipinski definition) is 17. The lowest BCUT2D eigenvalue weighted by atomic mass is 9.82. The normalized spacial score (nSPS) is 17.8. The smallest absolute Gasteiger partial charge is 0.335 e. The maximum Gasteiger partial charge on any atom is 0.335 e. The second kappa shape index (κ2) is 24.9. The molecule has 0 spiro atoms. The van der Waals surface area contributed by atoms with Crippen molar-refractivity contribution < 1.29 is 62.2 Å². The minimum absolute atomic E-state index is 0.205. The molecule has 2 fully saturated rings. The van der Waals surface area contributed by atoms with E-state index in [-0.39, 0.29) is 60.3 Å². The van der Waals surface area contributed by atoms with Gasteiger partial charge in [-0.05, 0) is 156 Å². The van der Waals surface area contributed by atoms with Crippen LogP contribution < -0.4 is 33.4 Å². The van der Waals surface area contributed by atoms with Crippen LogP contribution >= 0.6 is 11.3 Å². The Bertz CT molecular complexity index is 2600. The van der Waals surface area contributed by atoms with E-state index in [1.807, 2.05) is 42.5 Å². The molecule has 7 rings (SSSR count). The SMILES string of the molecule is C=C(C)C(=O)OCOc1ccc(OC(=O)C2CCC(COc3ccc(OCC4CCC(C(=O)Oc5ccc(OCOC(=O)C(=C)C)cc5)CC4)c(/C=N/N(CO)c4nc5ccccc5s4)c3)CC2)cc1. The minimum Gasteiger partial charge on any atom is -0.493 e.